The zero-order valence-electron chi connectivity index (χ0n) is 13.0. The third kappa shape index (κ3) is 6.14. The second-order valence-electron chi connectivity index (χ2n) is 4.26. The fourth-order valence-electron chi connectivity index (χ4n) is 1.27. The van der Waals surface area contributed by atoms with Gasteiger partial charge in [-0.15, -0.1) is 11.8 Å². The Morgan fingerprint density at radius 1 is 1.42 bits per heavy atom. The Morgan fingerprint density at radius 3 is 2.46 bits per heavy atom. The molecule has 12 heteroatoms. The maximum Gasteiger partial charge on any atom is 0.608 e. The van der Waals surface area contributed by atoms with Crippen molar-refractivity contribution < 1.29 is 23.2 Å². The van der Waals surface area contributed by atoms with E-state index in [0.717, 1.165) is 12.1 Å². The third-order valence-electron chi connectivity index (χ3n) is 2.42. The predicted molar refractivity (Wildman–Crippen MR) is 95.3 cm³/mol. The number of hydrogen-bond acceptors (Lipinski definition) is 8. The van der Waals surface area contributed by atoms with Gasteiger partial charge in [0.15, 0.2) is 5.75 Å². The highest BCUT2D eigenvalue weighted by Gasteiger charge is 2.33. The molecule has 1 atom stereocenters. The molecule has 134 valence electrons. The van der Waals surface area contributed by atoms with Gasteiger partial charge in [-0.05, 0) is 19.6 Å². The first-order chi connectivity index (χ1) is 11.2. The minimum atomic E-state index is -4.16. The molecule has 0 fully saturated rings. The summed E-state index contributed by atoms with van der Waals surface area (Å²) in [5.74, 6) is -0.250. The van der Waals surface area contributed by atoms with E-state index in [1.54, 1.807) is 20.1 Å². The minimum Gasteiger partial charge on any atom is -0.391 e. The summed E-state index contributed by atoms with van der Waals surface area (Å²) >= 11 is 13.1. The fraction of sp³-hybridized carbons (Fsp3) is 0.417. The van der Waals surface area contributed by atoms with Gasteiger partial charge in [-0.2, -0.15) is 0 Å². The molecule has 0 aliphatic heterocycles. The Kier molecular flexibility index (Phi) is 8.32. The van der Waals surface area contributed by atoms with Crippen molar-refractivity contribution in [1.82, 2.24) is 0 Å². The number of nitro benzene ring substituents is 1. The number of rotatable bonds is 8. The minimum absolute atomic E-state index is 0.0767. The molecule has 1 rings (SSSR count). The van der Waals surface area contributed by atoms with Crippen molar-refractivity contribution in [3.63, 3.8) is 0 Å². The first-order valence-corrected chi connectivity index (χ1v) is 10.0. The molecular weight excluding hydrogens is 402 g/mol. The molecule has 0 amide bonds. The maximum absolute atomic E-state index is 12.7. The second kappa shape index (κ2) is 9.48. The highest BCUT2D eigenvalue weighted by molar-refractivity contribution is 8.13. The highest BCUT2D eigenvalue weighted by atomic mass is 35.5. The van der Waals surface area contributed by atoms with Gasteiger partial charge in [0.25, 0.3) is 5.69 Å². The van der Waals surface area contributed by atoms with E-state index in [-0.39, 0.29) is 28.1 Å². The molecule has 0 radical (unpaired) electrons. The SMILES string of the molecule is CCCOP(=O)(O/N=C(\C)SC)Oc1c(Cl)cc([N+](=O)[O-])cc1Cl. The molecule has 1 aromatic rings. The molecule has 0 aliphatic carbocycles. The predicted octanol–water partition coefficient (Wildman–Crippen LogP) is 5.53. The quantitative estimate of drug-likeness (QED) is 0.180. The lowest BCUT2D eigenvalue weighted by Gasteiger charge is -2.17. The molecule has 0 saturated heterocycles. The molecule has 0 aliphatic rings. The van der Waals surface area contributed by atoms with Crippen LogP contribution in [-0.4, -0.2) is 22.8 Å². The summed E-state index contributed by atoms with van der Waals surface area (Å²) in [5, 5.41) is 14.5. The Balaban J connectivity index is 3.14. The Labute approximate surface area is 153 Å². The van der Waals surface area contributed by atoms with Gasteiger partial charge in [0.05, 0.1) is 21.6 Å². The van der Waals surface area contributed by atoms with E-state index in [9.17, 15) is 14.7 Å². The Morgan fingerprint density at radius 2 is 2.00 bits per heavy atom. The molecule has 24 heavy (non-hydrogen) atoms. The number of nitro groups is 1. The molecule has 1 unspecified atom stereocenters. The standard InChI is InChI=1S/C12H15Cl2N2O6PS/c1-4-5-20-23(19,22-15-8(2)24-3)21-12-10(13)6-9(16(17)18)7-11(12)14/h6-7H,4-5H2,1-3H3/b15-8+. The summed E-state index contributed by atoms with van der Waals surface area (Å²) in [6, 6.07) is 2.03. The summed E-state index contributed by atoms with van der Waals surface area (Å²) < 4.78 is 27.9. The van der Waals surface area contributed by atoms with Crippen molar-refractivity contribution in [3.8, 4) is 5.75 Å². The van der Waals surface area contributed by atoms with Gasteiger partial charge in [0.2, 0.25) is 0 Å². The number of hydrogen-bond donors (Lipinski definition) is 0. The van der Waals surface area contributed by atoms with Crippen molar-refractivity contribution in [2.75, 3.05) is 12.9 Å². The lowest BCUT2D eigenvalue weighted by Crippen LogP contribution is -2.03. The number of thioether (sulfide) groups is 1. The number of non-ortho nitro benzene ring substituents is 1. The zero-order chi connectivity index (χ0) is 18.3. The van der Waals surface area contributed by atoms with Crippen molar-refractivity contribution >= 4 is 53.5 Å². The van der Waals surface area contributed by atoms with E-state index >= 15 is 0 Å². The summed E-state index contributed by atoms with van der Waals surface area (Å²) in [7, 11) is -4.16. The maximum atomic E-state index is 12.7. The molecule has 0 spiro atoms. The second-order valence-corrected chi connectivity index (χ2v) is 7.58. The van der Waals surface area contributed by atoms with Gasteiger partial charge in [0.1, 0.15) is 5.04 Å². The van der Waals surface area contributed by atoms with Crippen LogP contribution in [0.15, 0.2) is 17.3 Å². The van der Waals surface area contributed by atoms with Gasteiger partial charge >= 0.3 is 7.82 Å². The van der Waals surface area contributed by atoms with Crippen molar-refractivity contribution in [2.45, 2.75) is 20.3 Å². The molecule has 0 bridgehead atoms. The van der Waals surface area contributed by atoms with Crippen LogP contribution < -0.4 is 4.52 Å². The molecule has 8 nitrogen and oxygen atoms in total. The molecule has 1 aromatic carbocycles. The third-order valence-corrected chi connectivity index (χ3v) is 4.83. The molecule has 0 N–H and O–H groups in total. The molecule has 0 saturated carbocycles. The van der Waals surface area contributed by atoms with Gasteiger partial charge in [-0.3, -0.25) is 19.3 Å². The lowest BCUT2D eigenvalue weighted by atomic mass is 10.3. The smallest absolute Gasteiger partial charge is 0.391 e. The number of phosphoric acid groups is 1. The van der Waals surface area contributed by atoms with E-state index in [1.165, 1.54) is 11.8 Å². The molecular formula is C12H15Cl2N2O6PS. The van der Waals surface area contributed by atoms with Gasteiger partial charge < -0.3 is 4.52 Å². The average molecular weight is 417 g/mol. The molecule has 0 heterocycles. The monoisotopic (exact) mass is 416 g/mol. The summed E-state index contributed by atoms with van der Waals surface area (Å²) in [5.41, 5.74) is -0.334. The summed E-state index contributed by atoms with van der Waals surface area (Å²) in [4.78, 5) is 10.1. The van der Waals surface area contributed by atoms with Crippen LogP contribution in [0.1, 0.15) is 20.3 Å². The van der Waals surface area contributed by atoms with Crippen LogP contribution in [0.3, 0.4) is 0 Å². The van der Waals surface area contributed by atoms with Crippen molar-refractivity contribution in [2.24, 2.45) is 5.16 Å². The number of halogens is 2. The van der Waals surface area contributed by atoms with Crippen LogP contribution in [0.5, 0.6) is 5.75 Å². The largest absolute Gasteiger partial charge is 0.608 e. The van der Waals surface area contributed by atoms with Crippen molar-refractivity contribution in [1.29, 1.82) is 0 Å². The Bertz CT molecular complexity index is 665. The lowest BCUT2D eigenvalue weighted by molar-refractivity contribution is -0.384. The number of phosphoric ester groups is 1. The first kappa shape index (κ1) is 21.1. The van der Waals surface area contributed by atoms with Crippen LogP contribution in [0.4, 0.5) is 5.69 Å². The van der Waals surface area contributed by atoms with E-state index in [2.05, 4.69) is 5.16 Å². The first-order valence-electron chi connectivity index (χ1n) is 6.57. The average Bonchev–Trinajstić information content (AvgIpc) is 2.54. The number of benzene rings is 1. The van der Waals surface area contributed by atoms with Gasteiger partial charge in [-0.25, -0.2) is 4.57 Å². The normalized spacial score (nSPS) is 14.1. The van der Waals surface area contributed by atoms with Crippen LogP contribution in [0.25, 0.3) is 0 Å². The van der Waals surface area contributed by atoms with Gasteiger partial charge in [0, 0.05) is 12.1 Å². The Hall–Kier alpha value is -0.990. The summed E-state index contributed by atoms with van der Waals surface area (Å²) in [6.07, 6.45) is 2.30. The zero-order valence-corrected chi connectivity index (χ0v) is 16.2. The van der Waals surface area contributed by atoms with Crippen LogP contribution in [0.2, 0.25) is 10.0 Å². The fourth-order valence-corrected chi connectivity index (χ4v) is 3.27. The number of nitrogens with zero attached hydrogens (tertiary/aromatic N) is 2. The highest BCUT2D eigenvalue weighted by Crippen LogP contribution is 2.53. The van der Waals surface area contributed by atoms with Gasteiger partial charge in [-0.1, -0.05) is 35.3 Å². The van der Waals surface area contributed by atoms with Crippen LogP contribution >= 0.6 is 42.8 Å². The van der Waals surface area contributed by atoms with E-state index in [0.29, 0.717) is 11.5 Å². The molecule has 0 aromatic heterocycles. The number of oxime groups is 1. The van der Waals surface area contributed by atoms with Crippen LogP contribution in [-0.2, 0) is 13.7 Å². The van der Waals surface area contributed by atoms with E-state index in [1.807, 2.05) is 0 Å². The summed E-state index contributed by atoms with van der Waals surface area (Å²) in [6.45, 7) is 3.51. The van der Waals surface area contributed by atoms with E-state index in [4.69, 9.17) is 36.9 Å². The topological polar surface area (TPSA) is 100 Å². The van der Waals surface area contributed by atoms with Crippen LogP contribution in [0, 0.1) is 10.1 Å². The van der Waals surface area contributed by atoms with E-state index < -0.39 is 12.7 Å². The van der Waals surface area contributed by atoms with Crippen molar-refractivity contribution in [3.05, 3.63) is 32.3 Å².